The normalized spacial score (nSPS) is 14.5. The summed E-state index contributed by atoms with van der Waals surface area (Å²) in [6.45, 7) is 3.58. The second-order valence-electron chi connectivity index (χ2n) is 4.19. The first kappa shape index (κ1) is 13.2. The van der Waals surface area contributed by atoms with Crippen molar-refractivity contribution in [3.8, 4) is 11.4 Å². The quantitative estimate of drug-likeness (QED) is 0.907. The van der Waals surface area contributed by atoms with Gasteiger partial charge in [0.1, 0.15) is 6.04 Å². The predicted octanol–water partition coefficient (Wildman–Crippen LogP) is 2.19. The van der Waals surface area contributed by atoms with E-state index in [1.807, 2.05) is 25.1 Å². The number of hydrogen-bond donors (Lipinski definition) is 2. The number of rotatable bonds is 3. The van der Waals surface area contributed by atoms with Crippen molar-refractivity contribution < 1.29 is 9.63 Å². The maximum absolute atomic E-state index is 9.37. The molecule has 0 aliphatic carbocycles. The highest BCUT2D eigenvalue weighted by atomic mass is 79.9. The van der Waals surface area contributed by atoms with Crippen LogP contribution in [-0.2, 0) is 0 Å². The van der Waals surface area contributed by atoms with E-state index >= 15 is 0 Å². The zero-order valence-electron chi connectivity index (χ0n) is 10.1. The van der Waals surface area contributed by atoms with Crippen LogP contribution in [0.3, 0.4) is 0 Å². The van der Waals surface area contributed by atoms with Crippen molar-refractivity contribution in [3.05, 3.63) is 34.1 Å². The Morgan fingerprint density at radius 1 is 1.44 bits per heavy atom. The van der Waals surface area contributed by atoms with Crippen molar-refractivity contribution in [3.63, 3.8) is 0 Å². The van der Waals surface area contributed by atoms with E-state index in [0.717, 1.165) is 15.6 Å². The van der Waals surface area contributed by atoms with E-state index in [1.54, 1.807) is 6.92 Å². The van der Waals surface area contributed by atoms with Gasteiger partial charge in [0.15, 0.2) is 0 Å². The van der Waals surface area contributed by atoms with Crippen LogP contribution < -0.4 is 5.73 Å². The summed E-state index contributed by atoms with van der Waals surface area (Å²) < 4.78 is 6.03. The van der Waals surface area contributed by atoms with E-state index in [1.165, 1.54) is 0 Å². The van der Waals surface area contributed by atoms with Crippen molar-refractivity contribution in [1.82, 2.24) is 10.1 Å². The second kappa shape index (κ2) is 5.17. The molecule has 0 saturated heterocycles. The van der Waals surface area contributed by atoms with E-state index in [-0.39, 0.29) is 5.89 Å². The molecule has 0 bridgehead atoms. The molecule has 2 aromatic rings. The van der Waals surface area contributed by atoms with Crippen molar-refractivity contribution >= 4 is 15.9 Å². The second-order valence-corrected chi connectivity index (χ2v) is 5.04. The topological polar surface area (TPSA) is 85.2 Å². The summed E-state index contributed by atoms with van der Waals surface area (Å²) in [7, 11) is 0. The average molecular weight is 312 g/mol. The van der Waals surface area contributed by atoms with Gasteiger partial charge >= 0.3 is 0 Å². The fourth-order valence-electron chi connectivity index (χ4n) is 1.43. The highest BCUT2D eigenvalue weighted by Gasteiger charge is 2.20. The molecule has 1 aromatic heterocycles. The maximum Gasteiger partial charge on any atom is 0.246 e. The molecule has 5 nitrogen and oxygen atoms in total. The Morgan fingerprint density at radius 3 is 2.78 bits per heavy atom. The number of aliphatic hydroxyl groups is 1. The summed E-state index contributed by atoms with van der Waals surface area (Å²) in [5, 5.41) is 13.2. The molecule has 3 N–H and O–H groups in total. The van der Waals surface area contributed by atoms with Gasteiger partial charge in [-0.1, -0.05) is 33.2 Å². The summed E-state index contributed by atoms with van der Waals surface area (Å²) in [6.07, 6.45) is -0.733. The van der Waals surface area contributed by atoms with E-state index < -0.39 is 12.1 Å². The van der Waals surface area contributed by atoms with Crippen LogP contribution in [-0.4, -0.2) is 21.4 Å². The molecule has 96 valence electrons. The van der Waals surface area contributed by atoms with Crippen LogP contribution in [0.1, 0.15) is 24.4 Å². The van der Waals surface area contributed by atoms with Gasteiger partial charge in [0.25, 0.3) is 0 Å². The Labute approximate surface area is 113 Å². The molecule has 0 spiro atoms. The van der Waals surface area contributed by atoms with Gasteiger partial charge in [-0.2, -0.15) is 4.98 Å². The van der Waals surface area contributed by atoms with E-state index in [9.17, 15) is 5.11 Å². The van der Waals surface area contributed by atoms with Crippen LogP contribution in [0.4, 0.5) is 0 Å². The van der Waals surface area contributed by atoms with Gasteiger partial charge in [-0.25, -0.2) is 0 Å². The summed E-state index contributed by atoms with van der Waals surface area (Å²) in [4.78, 5) is 4.19. The number of aryl methyl sites for hydroxylation is 1. The standard InChI is InChI=1S/C12H14BrN3O2/c1-6-3-4-8(5-9(6)13)11-15-12(18-16-11)10(14)7(2)17/h3-5,7,10,17H,14H2,1-2H3. The van der Waals surface area contributed by atoms with Crippen LogP contribution in [0, 0.1) is 6.92 Å². The minimum Gasteiger partial charge on any atom is -0.391 e. The molecule has 0 amide bonds. The minimum absolute atomic E-state index is 0.233. The fourth-order valence-corrected chi connectivity index (χ4v) is 1.80. The number of aromatic nitrogens is 2. The van der Waals surface area contributed by atoms with Gasteiger partial charge in [-0.05, 0) is 25.5 Å². The first-order valence-electron chi connectivity index (χ1n) is 5.53. The number of benzene rings is 1. The molecule has 0 fully saturated rings. The molecule has 6 heteroatoms. The largest absolute Gasteiger partial charge is 0.391 e. The van der Waals surface area contributed by atoms with Crippen molar-refractivity contribution in [2.45, 2.75) is 26.0 Å². The molecular weight excluding hydrogens is 298 g/mol. The highest BCUT2D eigenvalue weighted by molar-refractivity contribution is 9.10. The Balaban J connectivity index is 2.32. The molecular formula is C12H14BrN3O2. The van der Waals surface area contributed by atoms with Crippen LogP contribution in [0.15, 0.2) is 27.2 Å². The third-order valence-corrected chi connectivity index (χ3v) is 3.53. The molecule has 1 aromatic carbocycles. The van der Waals surface area contributed by atoms with Crippen molar-refractivity contribution in [2.75, 3.05) is 0 Å². The Bertz CT molecular complexity index is 554. The lowest BCUT2D eigenvalue weighted by molar-refractivity contribution is 0.146. The van der Waals surface area contributed by atoms with Crippen LogP contribution in [0.25, 0.3) is 11.4 Å². The summed E-state index contributed by atoms with van der Waals surface area (Å²) in [5.74, 6) is 0.693. The lowest BCUT2D eigenvalue weighted by atomic mass is 10.1. The average Bonchev–Trinajstić information content (AvgIpc) is 2.81. The fraction of sp³-hybridized carbons (Fsp3) is 0.333. The zero-order chi connectivity index (χ0) is 13.3. The van der Waals surface area contributed by atoms with Gasteiger partial charge in [0.2, 0.25) is 11.7 Å². The molecule has 18 heavy (non-hydrogen) atoms. The predicted molar refractivity (Wildman–Crippen MR) is 70.8 cm³/mol. The SMILES string of the molecule is Cc1ccc(-c2noc(C(N)C(C)O)n2)cc1Br. The smallest absolute Gasteiger partial charge is 0.246 e. The molecule has 2 atom stereocenters. The van der Waals surface area contributed by atoms with E-state index in [0.29, 0.717) is 5.82 Å². The molecule has 0 aliphatic heterocycles. The summed E-state index contributed by atoms with van der Waals surface area (Å²) in [5.41, 5.74) is 7.69. The molecule has 0 radical (unpaired) electrons. The molecule has 2 unspecified atom stereocenters. The first-order chi connectivity index (χ1) is 8.49. The Morgan fingerprint density at radius 2 is 2.17 bits per heavy atom. The lowest BCUT2D eigenvalue weighted by Gasteiger charge is -2.08. The minimum atomic E-state index is -0.733. The number of aliphatic hydroxyl groups excluding tert-OH is 1. The van der Waals surface area contributed by atoms with Crippen LogP contribution in [0.5, 0.6) is 0 Å². The van der Waals surface area contributed by atoms with Crippen LogP contribution >= 0.6 is 15.9 Å². The van der Waals surface area contributed by atoms with Gasteiger partial charge in [-0.15, -0.1) is 0 Å². The van der Waals surface area contributed by atoms with E-state index in [2.05, 4.69) is 26.1 Å². The molecule has 1 heterocycles. The third-order valence-electron chi connectivity index (χ3n) is 2.68. The third kappa shape index (κ3) is 2.60. The monoisotopic (exact) mass is 311 g/mol. The van der Waals surface area contributed by atoms with Gasteiger partial charge in [0, 0.05) is 10.0 Å². The number of hydrogen-bond acceptors (Lipinski definition) is 5. The van der Waals surface area contributed by atoms with Crippen LogP contribution in [0.2, 0.25) is 0 Å². The van der Waals surface area contributed by atoms with Crippen molar-refractivity contribution in [1.29, 1.82) is 0 Å². The Hall–Kier alpha value is -1.24. The first-order valence-corrected chi connectivity index (χ1v) is 6.32. The van der Waals surface area contributed by atoms with Crippen molar-refractivity contribution in [2.24, 2.45) is 5.73 Å². The number of nitrogens with zero attached hydrogens (tertiary/aromatic N) is 2. The van der Waals surface area contributed by atoms with E-state index in [4.69, 9.17) is 10.3 Å². The number of nitrogens with two attached hydrogens (primary N) is 1. The Kier molecular flexibility index (Phi) is 3.79. The van der Waals surface area contributed by atoms with Gasteiger partial charge in [0.05, 0.1) is 6.10 Å². The lowest BCUT2D eigenvalue weighted by Crippen LogP contribution is -2.23. The highest BCUT2D eigenvalue weighted by Crippen LogP contribution is 2.24. The van der Waals surface area contributed by atoms with Gasteiger partial charge < -0.3 is 15.4 Å². The van der Waals surface area contributed by atoms with Gasteiger partial charge in [-0.3, -0.25) is 0 Å². The maximum atomic E-state index is 9.37. The summed E-state index contributed by atoms with van der Waals surface area (Å²) in [6, 6.07) is 5.12. The molecule has 0 aliphatic rings. The summed E-state index contributed by atoms with van der Waals surface area (Å²) >= 11 is 3.45. The zero-order valence-corrected chi connectivity index (χ0v) is 11.7. The molecule has 0 saturated carbocycles. The number of halogens is 1. The molecule has 2 rings (SSSR count).